The highest BCUT2D eigenvalue weighted by atomic mass is 15.1. The number of rotatable bonds is 10. The fraction of sp³-hybridized carbons (Fsp3) is 0.800. The molecule has 0 fully saturated rings. The predicted molar refractivity (Wildman–Crippen MR) is 77.4 cm³/mol. The van der Waals surface area contributed by atoms with Crippen LogP contribution in [0.2, 0.25) is 0 Å². The second-order valence-corrected chi connectivity index (χ2v) is 5.10. The van der Waals surface area contributed by atoms with Gasteiger partial charge in [0.2, 0.25) is 0 Å². The Morgan fingerprint density at radius 2 is 1.78 bits per heavy atom. The van der Waals surface area contributed by atoms with Crippen LogP contribution in [0, 0.1) is 0 Å². The third kappa shape index (κ3) is 5.21. The zero-order valence-electron chi connectivity index (χ0n) is 12.1. The molecule has 18 heavy (non-hydrogen) atoms. The fourth-order valence-corrected chi connectivity index (χ4v) is 2.28. The number of aromatic nitrogens is 2. The Hall–Kier alpha value is -0.830. The van der Waals surface area contributed by atoms with Gasteiger partial charge in [-0.2, -0.15) is 0 Å². The van der Waals surface area contributed by atoms with Crippen molar-refractivity contribution in [3.63, 3.8) is 0 Å². The highest BCUT2D eigenvalue weighted by Gasteiger charge is 2.07. The molecule has 1 rings (SSSR count). The van der Waals surface area contributed by atoms with E-state index in [1.165, 1.54) is 44.9 Å². The van der Waals surface area contributed by atoms with Gasteiger partial charge in [-0.25, -0.2) is 4.98 Å². The van der Waals surface area contributed by atoms with E-state index in [9.17, 15) is 0 Å². The summed E-state index contributed by atoms with van der Waals surface area (Å²) in [5.41, 5.74) is 6.05. The van der Waals surface area contributed by atoms with Crippen molar-refractivity contribution in [2.45, 2.75) is 77.8 Å². The van der Waals surface area contributed by atoms with Crippen molar-refractivity contribution in [2.24, 2.45) is 5.73 Å². The first kappa shape index (κ1) is 15.2. The third-order valence-electron chi connectivity index (χ3n) is 3.53. The lowest BCUT2D eigenvalue weighted by Gasteiger charge is -2.14. The highest BCUT2D eigenvalue weighted by Crippen LogP contribution is 2.12. The number of nitrogens with zero attached hydrogens (tertiary/aromatic N) is 2. The van der Waals surface area contributed by atoms with Gasteiger partial charge < -0.3 is 10.3 Å². The van der Waals surface area contributed by atoms with Crippen molar-refractivity contribution in [1.29, 1.82) is 0 Å². The summed E-state index contributed by atoms with van der Waals surface area (Å²) in [5.74, 6) is 1.15. The van der Waals surface area contributed by atoms with Crippen LogP contribution < -0.4 is 5.73 Å². The average molecular weight is 251 g/mol. The lowest BCUT2D eigenvalue weighted by molar-refractivity contribution is 0.478. The molecule has 1 heterocycles. The van der Waals surface area contributed by atoms with E-state index in [0.717, 1.165) is 18.7 Å². The first-order valence-electron chi connectivity index (χ1n) is 7.56. The van der Waals surface area contributed by atoms with Crippen LogP contribution in [0.4, 0.5) is 0 Å². The molecule has 1 atom stereocenters. The monoisotopic (exact) mass is 251 g/mol. The van der Waals surface area contributed by atoms with Gasteiger partial charge in [-0.15, -0.1) is 0 Å². The van der Waals surface area contributed by atoms with Gasteiger partial charge >= 0.3 is 0 Å². The summed E-state index contributed by atoms with van der Waals surface area (Å²) in [6, 6.07) is 0. The largest absolute Gasteiger partial charge is 0.319 e. The summed E-state index contributed by atoms with van der Waals surface area (Å²) in [4.78, 5) is 4.42. The van der Waals surface area contributed by atoms with Crippen LogP contribution in [0.1, 0.15) is 77.2 Å². The topological polar surface area (TPSA) is 43.8 Å². The van der Waals surface area contributed by atoms with Crippen molar-refractivity contribution in [2.75, 3.05) is 0 Å². The molecular formula is C15H29N3. The van der Waals surface area contributed by atoms with Crippen LogP contribution in [0.3, 0.4) is 0 Å². The molecule has 0 radical (unpaired) electrons. The van der Waals surface area contributed by atoms with Gasteiger partial charge in [0.05, 0.1) is 6.17 Å². The molecule has 0 aromatic carbocycles. The van der Waals surface area contributed by atoms with Crippen molar-refractivity contribution in [3.05, 3.63) is 18.2 Å². The molecule has 0 aliphatic rings. The van der Waals surface area contributed by atoms with Crippen LogP contribution >= 0.6 is 0 Å². The third-order valence-corrected chi connectivity index (χ3v) is 3.53. The van der Waals surface area contributed by atoms with E-state index in [1.807, 2.05) is 12.4 Å². The van der Waals surface area contributed by atoms with E-state index in [-0.39, 0.29) is 6.17 Å². The quantitative estimate of drug-likeness (QED) is 0.638. The Balaban J connectivity index is 2.17. The van der Waals surface area contributed by atoms with Crippen LogP contribution in [-0.2, 0) is 6.42 Å². The van der Waals surface area contributed by atoms with Gasteiger partial charge in [0.15, 0.2) is 0 Å². The first-order valence-corrected chi connectivity index (χ1v) is 7.56. The molecule has 0 aliphatic heterocycles. The molecule has 1 aromatic heterocycles. The maximum Gasteiger partial charge on any atom is 0.109 e. The molecule has 0 saturated heterocycles. The van der Waals surface area contributed by atoms with Crippen molar-refractivity contribution < 1.29 is 0 Å². The van der Waals surface area contributed by atoms with Crippen molar-refractivity contribution in [3.8, 4) is 0 Å². The summed E-state index contributed by atoms with van der Waals surface area (Å²) < 4.78 is 2.12. The molecule has 0 aliphatic carbocycles. The summed E-state index contributed by atoms with van der Waals surface area (Å²) >= 11 is 0. The normalized spacial score (nSPS) is 12.8. The highest BCUT2D eigenvalue weighted by molar-refractivity contribution is 4.94. The minimum atomic E-state index is 0.0899. The Morgan fingerprint density at radius 3 is 2.44 bits per heavy atom. The molecular weight excluding hydrogens is 222 g/mol. The molecule has 3 nitrogen and oxygen atoms in total. The van der Waals surface area contributed by atoms with E-state index in [0.29, 0.717) is 0 Å². The van der Waals surface area contributed by atoms with Crippen LogP contribution in [0.5, 0.6) is 0 Å². The molecule has 0 spiro atoms. The minimum absolute atomic E-state index is 0.0899. The second-order valence-electron chi connectivity index (χ2n) is 5.10. The molecule has 0 amide bonds. The Morgan fingerprint density at radius 1 is 1.11 bits per heavy atom. The summed E-state index contributed by atoms with van der Waals surface area (Å²) in [7, 11) is 0. The van der Waals surface area contributed by atoms with E-state index in [1.54, 1.807) is 0 Å². The van der Waals surface area contributed by atoms with Gasteiger partial charge in [-0.05, 0) is 12.8 Å². The number of hydrogen-bond donors (Lipinski definition) is 1. The smallest absolute Gasteiger partial charge is 0.109 e. The minimum Gasteiger partial charge on any atom is -0.319 e. The average Bonchev–Trinajstić information content (AvgIpc) is 2.85. The molecule has 3 heteroatoms. The number of hydrogen-bond acceptors (Lipinski definition) is 2. The van der Waals surface area contributed by atoms with Crippen LogP contribution in [0.25, 0.3) is 0 Å². The second kappa shape index (κ2) is 9.15. The van der Waals surface area contributed by atoms with Gasteiger partial charge in [0.25, 0.3) is 0 Å². The Bertz CT molecular complexity index is 306. The van der Waals surface area contributed by atoms with Gasteiger partial charge in [-0.3, -0.25) is 0 Å². The molecule has 104 valence electrons. The predicted octanol–water partition coefficient (Wildman–Crippen LogP) is 4.04. The summed E-state index contributed by atoms with van der Waals surface area (Å²) in [6.07, 6.45) is 15.4. The summed E-state index contributed by atoms with van der Waals surface area (Å²) in [6.45, 7) is 4.37. The van der Waals surface area contributed by atoms with Crippen molar-refractivity contribution in [1.82, 2.24) is 9.55 Å². The Kier molecular flexibility index (Phi) is 7.74. The number of unbranched alkanes of at least 4 members (excludes halogenated alkanes) is 6. The summed E-state index contributed by atoms with van der Waals surface area (Å²) in [5, 5.41) is 0. The number of nitrogens with two attached hydrogens (primary N) is 1. The lowest BCUT2D eigenvalue weighted by atomic mass is 10.1. The molecule has 0 bridgehead atoms. The lowest BCUT2D eigenvalue weighted by Crippen LogP contribution is -2.19. The first-order chi connectivity index (χ1) is 8.79. The van der Waals surface area contributed by atoms with E-state index in [4.69, 9.17) is 5.73 Å². The molecule has 2 N–H and O–H groups in total. The molecule has 1 aromatic rings. The van der Waals surface area contributed by atoms with Crippen LogP contribution in [0.15, 0.2) is 12.4 Å². The maximum atomic E-state index is 6.05. The number of aryl methyl sites for hydroxylation is 1. The maximum absolute atomic E-state index is 6.05. The fourth-order valence-electron chi connectivity index (χ4n) is 2.28. The SMILES string of the molecule is CCCCCCCCCc1nccn1C(N)CC. The van der Waals surface area contributed by atoms with E-state index >= 15 is 0 Å². The van der Waals surface area contributed by atoms with Crippen molar-refractivity contribution >= 4 is 0 Å². The molecule has 0 saturated carbocycles. The van der Waals surface area contributed by atoms with Gasteiger partial charge in [-0.1, -0.05) is 52.4 Å². The van der Waals surface area contributed by atoms with E-state index in [2.05, 4.69) is 23.4 Å². The zero-order chi connectivity index (χ0) is 13.2. The van der Waals surface area contributed by atoms with Gasteiger partial charge in [0, 0.05) is 18.8 Å². The van der Waals surface area contributed by atoms with E-state index < -0.39 is 0 Å². The standard InChI is InChI=1S/C15H29N3/c1-3-5-6-7-8-9-10-11-15-17-12-13-18(15)14(16)4-2/h12-14H,3-11,16H2,1-2H3. The molecule has 1 unspecified atom stereocenters. The van der Waals surface area contributed by atoms with Gasteiger partial charge in [0.1, 0.15) is 5.82 Å². The number of imidazole rings is 1. The van der Waals surface area contributed by atoms with Crippen LogP contribution in [-0.4, -0.2) is 9.55 Å². The zero-order valence-corrected chi connectivity index (χ0v) is 12.1. The Labute approximate surface area is 112 Å².